The molecule has 94 valence electrons. The van der Waals surface area contributed by atoms with E-state index in [-0.39, 0.29) is 0 Å². The molecule has 3 nitrogen and oxygen atoms in total. The average Bonchev–Trinajstić information content (AvgIpc) is 2.72. The van der Waals surface area contributed by atoms with Crippen LogP contribution in [0.1, 0.15) is 11.1 Å². The summed E-state index contributed by atoms with van der Waals surface area (Å²) in [5, 5.41) is 12.6. The van der Waals surface area contributed by atoms with Gasteiger partial charge >= 0.3 is 0 Å². The van der Waals surface area contributed by atoms with Gasteiger partial charge in [0.25, 0.3) is 5.82 Å². The van der Waals surface area contributed by atoms with E-state index < -0.39 is 0 Å². The van der Waals surface area contributed by atoms with Gasteiger partial charge in [-0.2, -0.15) is 0 Å². The van der Waals surface area contributed by atoms with Crippen molar-refractivity contribution in [2.75, 3.05) is 0 Å². The van der Waals surface area contributed by atoms with Crippen molar-refractivity contribution in [3.63, 3.8) is 0 Å². The van der Waals surface area contributed by atoms with E-state index >= 15 is 0 Å². The van der Waals surface area contributed by atoms with Crippen molar-refractivity contribution in [1.29, 1.82) is 0 Å². The molecular weight excluding hydrogens is 236 g/mol. The van der Waals surface area contributed by atoms with E-state index in [1.165, 1.54) is 5.56 Å². The van der Waals surface area contributed by atoms with Gasteiger partial charge in [-0.15, -0.1) is 0 Å². The van der Waals surface area contributed by atoms with Crippen LogP contribution >= 0.6 is 0 Å². The maximum atomic E-state index is 12.6. The highest BCUT2D eigenvalue weighted by atomic mass is 16.5. The average molecular weight is 250 g/mol. The van der Waals surface area contributed by atoms with Crippen molar-refractivity contribution in [2.45, 2.75) is 19.9 Å². The van der Waals surface area contributed by atoms with Crippen LogP contribution in [0.4, 0.5) is 0 Å². The summed E-state index contributed by atoms with van der Waals surface area (Å²) in [6, 6.07) is 14.3. The SMILES string of the molecule is Cc1ccc2c(c1)[n+]([O-])c1n2CCc2ccccc2-1. The second-order valence-corrected chi connectivity index (χ2v) is 5.17. The van der Waals surface area contributed by atoms with E-state index in [0.29, 0.717) is 0 Å². The van der Waals surface area contributed by atoms with Gasteiger partial charge in [0, 0.05) is 6.42 Å². The Kier molecular flexibility index (Phi) is 2.01. The lowest BCUT2D eigenvalue weighted by Gasteiger charge is -2.15. The first-order chi connectivity index (χ1) is 9.25. The molecule has 0 saturated carbocycles. The Morgan fingerprint density at radius 2 is 2.00 bits per heavy atom. The second-order valence-electron chi connectivity index (χ2n) is 5.17. The lowest BCUT2D eigenvalue weighted by Crippen LogP contribution is -2.30. The zero-order chi connectivity index (χ0) is 13.0. The molecular formula is C16H14N2O. The summed E-state index contributed by atoms with van der Waals surface area (Å²) in [5.74, 6) is 0.780. The first-order valence-corrected chi connectivity index (χ1v) is 6.56. The van der Waals surface area contributed by atoms with Gasteiger partial charge in [0.2, 0.25) is 0 Å². The first kappa shape index (κ1) is 10.6. The van der Waals surface area contributed by atoms with Crippen LogP contribution in [0.3, 0.4) is 0 Å². The number of hydrogen-bond donors (Lipinski definition) is 0. The fourth-order valence-corrected chi connectivity index (χ4v) is 3.03. The second kappa shape index (κ2) is 3.60. The molecule has 1 aliphatic heterocycles. The van der Waals surface area contributed by atoms with Gasteiger partial charge in [-0.1, -0.05) is 24.3 Å². The number of fused-ring (bicyclic) bond motifs is 5. The molecule has 3 heteroatoms. The van der Waals surface area contributed by atoms with Gasteiger partial charge < -0.3 is 5.21 Å². The summed E-state index contributed by atoms with van der Waals surface area (Å²) in [6.45, 7) is 2.89. The molecule has 19 heavy (non-hydrogen) atoms. The lowest BCUT2D eigenvalue weighted by atomic mass is 10.0. The number of hydrogen-bond acceptors (Lipinski definition) is 1. The Balaban J connectivity index is 2.14. The standard InChI is InChI=1S/C16H14N2O/c1-11-6-7-14-15(10-11)18(19)16-13-5-3-2-4-12(13)8-9-17(14)16/h2-7,10H,8-9H2,1H3. The third-order valence-electron chi connectivity index (χ3n) is 3.95. The third kappa shape index (κ3) is 1.35. The monoisotopic (exact) mass is 250 g/mol. The van der Waals surface area contributed by atoms with Crippen molar-refractivity contribution in [3.8, 4) is 11.4 Å². The number of aryl methyl sites for hydroxylation is 3. The summed E-state index contributed by atoms with van der Waals surface area (Å²) in [5.41, 5.74) is 5.25. The molecule has 1 aromatic heterocycles. The molecule has 4 rings (SSSR count). The Labute approximate surface area is 111 Å². The summed E-state index contributed by atoms with van der Waals surface area (Å²) in [7, 11) is 0. The smallest absolute Gasteiger partial charge is 0.293 e. The molecule has 0 radical (unpaired) electrons. The summed E-state index contributed by atoms with van der Waals surface area (Å²) in [6.07, 6.45) is 0.987. The van der Waals surface area contributed by atoms with Crippen molar-refractivity contribution in [2.24, 2.45) is 0 Å². The zero-order valence-electron chi connectivity index (χ0n) is 10.8. The van der Waals surface area contributed by atoms with E-state index in [9.17, 15) is 5.21 Å². The number of aromatic nitrogens is 2. The van der Waals surface area contributed by atoms with Crippen LogP contribution in [0, 0.1) is 12.1 Å². The van der Waals surface area contributed by atoms with E-state index in [4.69, 9.17) is 0 Å². The molecule has 0 aliphatic carbocycles. The molecule has 0 unspecified atom stereocenters. The molecule has 0 N–H and O–H groups in total. The highest BCUT2D eigenvalue weighted by molar-refractivity contribution is 5.78. The lowest BCUT2D eigenvalue weighted by molar-refractivity contribution is -0.565. The minimum Gasteiger partial charge on any atom is -0.710 e. The number of imidazole rings is 1. The number of rotatable bonds is 0. The van der Waals surface area contributed by atoms with E-state index in [0.717, 1.165) is 45.7 Å². The van der Waals surface area contributed by atoms with Crippen molar-refractivity contribution in [3.05, 3.63) is 58.8 Å². The third-order valence-corrected chi connectivity index (χ3v) is 3.95. The van der Waals surface area contributed by atoms with E-state index in [2.05, 4.69) is 22.8 Å². The molecule has 3 aromatic rings. The molecule has 0 spiro atoms. The van der Waals surface area contributed by atoms with Crippen LogP contribution in [-0.4, -0.2) is 4.57 Å². The van der Waals surface area contributed by atoms with Gasteiger partial charge in [-0.25, -0.2) is 9.30 Å². The predicted molar refractivity (Wildman–Crippen MR) is 74.8 cm³/mol. The van der Waals surface area contributed by atoms with Gasteiger partial charge in [0.05, 0.1) is 12.1 Å². The van der Waals surface area contributed by atoms with Crippen LogP contribution in [0.25, 0.3) is 22.4 Å². The van der Waals surface area contributed by atoms with Gasteiger partial charge in [0.1, 0.15) is 0 Å². The van der Waals surface area contributed by atoms with Crippen LogP contribution in [0.5, 0.6) is 0 Å². The van der Waals surface area contributed by atoms with Crippen LogP contribution in [0.2, 0.25) is 0 Å². The van der Waals surface area contributed by atoms with Crippen LogP contribution in [0.15, 0.2) is 42.5 Å². The van der Waals surface area contributed by atoms with Crippen molar-refractivity contribution in [1.82, 2.24) is 4.57 Å². The topological polar surface area (TPSA) is 31.9 Å². The first-order valence-electron chi connectivity index (χ1n) is 6.56. The molecule has 0 atom stereocenters. The normalized spacial score (nSPS) is 13.3. The van der Waals surface area contributed by atoms with Crippen molar-refractivity contribution < 1.29 is 4.73 Å². The summed E-state index contributed by atoms with van der Waals surface area (Å²) >= 11 is 0. The number of benzene rings is 2. The molecule has 0 amide bonds. The Morgan fingerprint density at radius 1 is 1.16 bits per heavy atom. The maximum absolute atomic E-state index is 12.6. The Bertz CT molecular complexity index is 802. The van der Waals surface area contributed by atoms with Gasteiger partial charge in [-0.3, -0.25) is 0 Å². The fourth-order valence-electron chi connectivity index (χ4n) is 3.03. The van der Waals surface area contributed by atoms with Crippen LogP contribution in [-0.2, 0) is 13.0 Å². The maximum Gasteiger partial charge on any atom is 0.293 e. The van der Waals surface area contributed by atoms with Crippen molar-refractivity contribution >= 4 is 11.0 Å². The fraction of sp³-hybridized carbons (Fsp3) is 0.188. The van der Waals surface area contributed by atoms with E-state index in [1.807, 2.05) is 31.2 Å². The molecule has 0 bridgehead atoms. The van der Waals surface area contributed by atoms with Gasteiger partial charge in [-0.05, 0) is 36.2 Å². The minimum atomic E-state index is 0.770. The van der Waals surface area contributed by atoms with E-state index in [1.54, 1.807) is 0 Å². The summed E-state index contributed by atoms with van der Waals surface area (Å²) in [4.78, 5) is 0. The zero-order valence-corrected chi connectivity index (χ0v) is 10.8. The largest absolute Gasteiger partial charge is 0.710 e. The highest BCUT2D eigenvalue weighted by Gasteiger charge is 2.28. The molecule has 2 heterocycles. The minimum absolute atomic E-state index is 0.770. The molecule has 1 aliphatic rings. The Hall–Kier alpha value is -2.29. The highest BCUT2D eigenvalue weighted by Crippen LogP contribution is 2.30. The molecule has 0 saturated heterocycles. The quantitative estimate of drug-likeness (QED) is 0.446. The molecule has 2 aromatic carbocycles. The Morgan fingerprint density at radius 3 is 2.89 bits per heavy atom. The predicted octanol–water partition coefficient (Wildman–Crippen LogP) is 2.81. The molecule has 0 fully saturated rings. The number of nitrogens with zero attached hydrogens (tertiary/aromatic N) is 2. The van der Waals surface area contributed by atoms with Crippen LogP contribution < -0.4 is 4.73 Å². The summed E-state index contributed by atoms with van der Waals surface area (Å²) < 4.78 is 3.23. The van der Waals surface area contributed by atoms with Gasteiger partial charge in [0.15, 0.2) is 11.0 Å².